The molecule has 18 heavy (non-hydrogen) atoms. The van der Waals surface area contributed by atoms with E-state index in [9.17, 15) is 0 Å². The van der Waals surface area contributed by atoms with Crippen molar-refractivity contribution in [3.63, 3.8) is 0 Å². The molecule has 2 rings (SSSR count). The first-order valence-corrected chi connectivity index (χ1v) is 6.86. The minimum Gasteiger partial charge on any atom is -0.493 e. The molecule has 100 valence electrons. The zero-order valence-corrected chi connectivity index (χ0v) is 11.4. The fraction of sp³-hybridized carbons (Fsp3) is 0.600. The van der Waals surface area contributed by atoms with Crippen LogP contribution in [0, 0.1) is 0 Å². The van der Waals surface area contributed by atoms with E-state index in [1.54, 1.807) is 7.11 Å². The van der Waals surface area contributed by atoms with Gasteiger partial charge in [-0.05, 0) is 37.5 Å². The number of nitrogens with one attached hydrogen (secondary N) is 1. The van der Waals surface area contributed by atoms with Gasteiger partial charge in [0.1, 0.15) is 0 Å². The average molecular weight is 249 g/mol. The lowest BCUT2D eigenvalue weighted by Crippen LogP contribution is -2.25. The largest absolute Gasteiger partial charge is 0.493 e. The van der Waals surface area contributed by atoms with Gasteiger partial charge in [-0.2, -0.15) is 0 Å². The Morgan fingerprint density at radius 1 is 1.22 bits per heavy atom. The van der Waals surface area contributed by atoms with Gasteiger partial charge in [0.25, 0.3) is 0 Å². The number of methoxy groups -OCH3 is 1. The number of hydrogen-bond acceptors (Lipinski definition) is 3. The van der Waals surface area contributed by atoms with Crippen LogP contribution >= 0.6 is 0 Å². The zero-order valence-electron chi connectivity index (χ0n) is 11.4. The number of hydrogen-bond donors (Lipinski definition) is 1. The SMILES string of the molecule is CCOc1ccc(CNC2CCCC2)cc1OC. The van der Waals surface area contributed by atoms with Crippen molar-refractivity contribution in [2.24, 2.45) is 0 Å². The predicted molar refractivity (Wildman–Crippen MR) is 73.3 cm³/mol. The molecule has 0 amide bonds. The molecule has 3 nitrogen and oxygen atoms in total. The van der Waals surface area contributed by atoms with E-state index in [-0.39, 0.29) is 0 Å². The smallest absolute Gasteiger partial charge is 0.161 e. The molecule has 1 aromatic carbocycles. The van der Waals surface area contributed by atoms with Gasteiger partial charge < -0.3 is 14.8 Å². The summed E-state index contributed by atoms with van der Waals surface area (Å²) in [5.41, 5.74) is 1.25. The zero-order chi connectivity index (χ0) is 12.8. The molecule has 1 N–H and O–H groups in total. The summed E-state index contributed by atoms with van der Waals surface area (Å²) in [6, 6.07) is 6.86. The third-order valence-corrected chi connectivity index (χ3v) is 3.48. The Balaban J connectivity index is 1.95. The molecule has 0 unspecified atom stereocenters. The maximum atomic E-state index is 5.52. The molecule has 1 aliphatic carbocycles. The highest BCUT2D eigenvalue weighted by molar-refractivity contribution is 5.42. The minimum atomic E-state index is 0.663. The summed E-state index contributed by atoms with van der Waals surface area (Å²) in [5.74, 6) is 1.65. The van der Waals surface area contributed by atoms with Crippen molar-refractivity contribution < 1.29 is 9.47 Å². The van der Waals surface area contributed by atoms with Gasteiger partial charge in [0.05, 0.1) is 13.7 Å². The van der Waals surface area contributed by atoms with Gasteiger partial charge >= 0.3 is 0 Å². The molecule has 1 fully saturated rings. The van der Waals surface area contributed by atoms with Crippen LogP contribution < -0.4 is 14.8 Å². The van der Waals surface area contributed by atoms with E-state index in [1.807, 2.05) is 13.0 Å². The van der Waals surface area contributed by atoms with Gasteiger partial charge in [-0.25, -0.2) is 0 Å². The molecule has 0 bridgehead atoms. The highest BCUT2D eigenvalue weighted by Crippen LogP contribution is 2.28. The Morgan fingerprint density at radius 3 is 2.67 bits per heavy atom. The van der Waals surface area contributed by atoms with E-state index in [4.69, 9.17) is 9.47 Å². The highest BCUT2D eigenvalue weighted by atomic mass is 16.5. The predicted octanol–water partition coefficient (Wildman–Crippen LogP) is 3.13. The van der Waals surface area contributed by atoms with Gasteiger partial charge in [0, 0.05) is 12.6 Å². The van der Waals surface area contributed by atoms with Gasteiger partial charge in [0.15, 0.2) is 11.5 Å². The number of ether oxygens (including phenoxy) is 2. The molecule has 1 saturated carbocycles. The van der Waals surface area contributed by atoms with Crippen LogP contribution in [-0.4, -0.2) is 19.8 Å². The van der Waals surface area contributed by atoms with E-state index in [0.717, 1.165) is 18.0 Å². The standard InChI is InChI=1S/C15H23NO2/c1-3-18-14-9-8-12(10-15(14)17-2)11-16-13-6-4-5-7-13/h8-10,13,16H,3-7,11H2,1-2H3. The molecule has 0 aromatic heterocycles. The van der Waals surface area contributed by atoms with Gasteiger partial charge in [-0.3, -0.25) is 0 Å². The highest BCUT2D eigenvalue weighted by Gasteiger charge is 2.14. The average Bonchev–Trinajstić information content (AvgIpc) is 2.91. The molecule has 0 heterocycles. The molecule has 0 saturated heterocycles. The van der Waals surface area contributed by atoms with Crippen LogP contribution in [0.2, 0.25) is 0 Å². The lowest BCUT2D eigenvalue weighted by molar-refractivity contribution is 0.310. The second-order valence-electron chi connectivity index (χ2n) is 4.78. The minimum absolute atomic E-state index is 0.663. The van der Waals surface area contributed by atoms with Crippen LogP contribution in [0.25, 0.3) is 0 Å². The second-order valence-corrected chi connectivity index (χ2v) is 4.78. The lowest BCUT2D eigenvalue weighted by Gasteiger charge is -2.14. The fourth-order valence-corrected chi connectivity index (χ4v) is 2.49. The monoisotopic (exact) mass is 249 g/mol. The Morgan fingerprint density at radius 2 is 2.00 bits per heavy atom. The molecular formula is C15H23NO2. The third-order valence-electron chi connectivity index (χ3n) is 3.48. The van der Waals surface area contributed by atoms with Crippen molar-refractivity contribution >= 4 is 0 Å². The van der Waals surface area contributed by atoms with E-state index in [0.29, 0.717) is 12.6 Å². The molecule has 0 aliphatic heterocycles. The van der Waals surface area contributed by atoms with Crippen molar-refractivity contribution in [1.29, 1.82) is 0 Å². The van der Waals surface area contributed by atoms with E-state index in [2.05, 4.69) is 17.4 Å². The molecule has 0 atom stereocenters. The van der Waals surface area contributed by atoms with Crippen molar-refractivity contribution in [2.75, 3.05) is 13.7 Å². The van der Waals surface area contributed by atoms with Crippen LogP contribution in [0.1, 0.15) is 38.2 Å². The first kappa shape index (κ1) is 13.2. The van der Waals surface area contributed by atoms with Gasteiger partial charge in [-0.1, -0.05) is 18.9 Å². The Bertz CT molecular complexity index is 373. The first-order valence-electron chi connectivity index (χ1n) is 6.86. The quantitative estimate of drug-likeness (QED) is 0.840. The summed E-state index contributed by atoms with van der Waals surface area (Å²) < 4.78 is 10.9. The normalized spacial score (nSPS) is 15.9. The van der Waals surface area contributed by atoms with Gasteiger partial charge in [-0.15, -0.1) is 0 Å². The Kier molecular flexibility index (Phi) is 4.88. The molecule has 1 aromatic rings. The van der Waals surface area contributed by atoms with Crippen LogP contribution in [0.15, 0.2) is 18.2 Å². The van der Waals surface area contributed by atoms with E-state index >= 15 is 0 Å². The first-order chi connectivity index (χ1) is 8.83. The van der Waals surface area contributed by atoms with Gasteiger partial charge in [0.2, 0.25) is 0 Å². The summed E-state index contributed by atoms with van der Waals surface area (Å²) >= 11 is 0. The molecule has 0 spiro atoms. The second kappa shape index (κ2) is 6.64. The molecule has 0 radical (unpaired) electrons. The summed E-state index contributed by atoms with van der Waals surface area (Å²) in [4.78, 5) is 0. The van der Waals surface area contributed by atoms with Crippen LogP contribution in [0.3, 0.4) is 0 Å². The maximum Gasteiger partial charge on any atom is 0.161 e. The van der Waals surface area contributed by atoms with E-state index in [1.165, 1.54) is 31.2 Å². The fourth-order valence-electron chi connectivity index (χ4n) is 2.49. The maximum absolute atomic E-state index is 5.52. The van der Waals surface area contributed by atoms with Crippen molar-refractivity contribution in [2.45, 2.75) is 45.2 Å². The van der Waals surface area contributed by atoms with Crippen LogP contribution in [0.5, 0.6) is 11.5 Å². The third kappa shape index (κ3) is 3.39. The number of rotatable bonds is 6. The van der Waals surface area contributed by atoms with Crippen LogP contribution in [-0.2, 0) is 6.54 Å². The molecule has 3 heteroatoms. The molecule has 1 aliphatic rings. The van der Waals surface area contributed by atoms with E-state index < -0.39 is 0 Å². The van der Waals surface area contributed by atoms with Crippen molar-refractivity contribution in [3.05, 3.63) is 23.8 Å². The Hall–Kier alpha value is -1.22. The summed E-state index contributed by atoms with van der Waals surface area (Å²) in [5, 5.41) is 3.60. The van der Waals surface area contributed by atoms with Crippen molar-refractivity contribution in [1.82, 2.24) is 5.32 Å². The Labute approximate surface area is 109 Å². The van der Waals surface area contributed by atoms with Crippen LogP contribution in [0.4, 0.5) is 0 Å². The summed E-state index contributed by atoms with van der Waals surface area (Å²) in [6.45, 7) is 3.55. The number of benzene rings is 1. The summed E-state index contributed by atoms with van der Waals surface area (Å²) in [6.07, 6.45) is 5.36. The molecular weight excluding hydrogens is 226 g/mol. The van der Waals surface area contributed by atoms with Crippen molar-refractivity contribution in [3.8, 4) is 11.5 Å². The topological polar surface area (TPSA) is 30.5 Å². The summed E-state index contributed by atoms with van der Waals surface area (Å²) in [7, 11) is 1.69. The lowest BCUT2D eigenvalue weighted by atomic mass is 10.1.